The standard InChI is InChI=1S/C10H14N2O/c1-12-9(7-13-11)6-8-4-2-3-5-10(8)12/h2-5,9H,6-7,11H2,1H3. The normalized spacial score (nSPS) is 20.5. The number of nitrogens with zero attached hydrogens (tertiary/aromatic N) is 1. The van der Waals surface area contributed by atoms with Crippen LogP contribution < -0.4 is 10.8 Å². The van der Waals surface area contributed by atoms with Crippen LogP contribution in [0.4, 0.5) is 5.69 Å². The van der Waals surface area contributed by atoms with Crippen LogP contribution in [0.1, 0.15) is 5.56 Å². The number of benzene rings is 1. The van der Waals surface area contributed by atoms with Gasteiger partial charge >= 0.3 is 0 Å². The van der Waals surface area contributed by atoms with E-state index in [1.807, 2.05) is 0 Å². The lowest BCUT2D eigenvalue weighted by Crippen LogP contribution is -2.33. The molecule has 1 unspecified atom stereocenters. The lowest BCUT2D eigenvalue weighted by atomic mass is 10.1. The quantitative estimate of drug-likeness (QED) is 0.685. The van der Waals surface area contributed by atoms with E-state index < -0.39 is 0 Å². The molecule has 0 aliphatic carbocycles. The van der Waals surface area contributed by atoms with Gasteiger partial charge in [-0.1, -0.05) is 18.2 Å². The van der Waals surface area contributed by atoms with Crippen molar-refractivity contribution >= 4 is 5.69 Å². The molecule has 70 valence electrons. The second-order valence-electron chi connectivity index (χ2n) is 3.43. The van der Waals surface area contributed by atoms with Crippen LogP contribution in [0, 0.1) is 0 Å². The number of para-hydroxylation sites is 1. The highest BCUT2D eigenvalue weighted by Crippen LogP contribution is 2.30. The van der Waals surface area contributed by atoms with Crippen molar-refractivity contribution in [1.82, 2.24) is 0 Å². The third-order valence-corrected chi connectivity index (χ3v) is 2.66. The number of fused-ring (bicyclic) bond motifs is 1. The van der Waals surface area contributed by atoms with Gasteiger partial charge < -0.3 is 9.74 Å². The molecule has 0 radical (unpaired) electrons. The van der Waals surface area contributed by atoms with Gasteiger partial charge in [-0.3, -0.25) is 0 Å². The van der Waals surface area contributed by atoms with Crippen LogP contribution in [0.25, 0.3) is 0 Å². The SMILES string of the molecule is CN1c2ccccc2CC1CON. The Hall–Kier alpha value is -1.06. The molecule has 3 nitrogen and oxygen atoms in total. The summed E-state index contributed by atoms with van der Waals surface area (Å²) in [6, 6.07) is 8.80. The summed E-state index contributed by atoms with van der Waals surface area (Å²) >= 11 is 0. The number of nitrogens with two attached hydrogens (primary N) is 1. The van der Waals surface area contributed by atoms with Crippen molar-refractivity contribution in [2.45, 2.75) is 12.5 Å². The minimum atomic E-state index is 0.391. The Kier molecular flexibility index (Phi) is 2.20. The van der Waals surface area contributed by atoms with Crippen molar-refractivity contribution in [3.63, 3.8) is 0 Å². The Labute approximate surface area is 78.1 Å². The third-order valence-electron chi connectivity index (χ3n) is 2.66. The molecule has 1 atom stereocenters. The van der Waals surface area contributed by atoms with Gasteiger partial charge in [0.25, 0.3) is 0 Å². The Morgan fingerprint density at radius 3 is 3.00 bits per heavy atom. The molecular weight excluding hydrogens is 164 g/mol. The summed E-state index contributed by atoms with van der Waals surface area (Å²) in [5, 5.41) is 0. The van der Waals surface area contributed by atoms with E-state index in [0.717, 1.165) is 6.42 Å². The van der Waals surface area contributed by atoms with E-state index in [0.29, 0.717) is 12.6 Å². The summed E-state index contributed by atoms with van der Waals surface area (Å²) < 4.78 is 0. The van der Waals surface area contributed by atoms with Gasteiger partial charge in [-0.05, 0) is 18.1 Å². The molecule has 1 heterocycles. The number of hydrogen-bond acceptors (Lipinski definition) is 3. The second-order valence-corrected chi connectivity index (χ2v) is 3.43. The number of anilines is 1. The van der Waals surface area contributed by atoms with E-state index in [2.05, 4.69) is 41.1 Å². The molecule has 0 spiro atoms. The van der Waals surface area contributed by atoms with Crippen LogP contribution in [0.15, 0.2) is 24.3 Å². The van der Waals surface area contributed by atoms with Crippen molar-refractivity contribution in [1.29, 1.82) is 0 Å². The summed E-state index contributed by atoms with van der Waals surface area (Å²) in [4.78, 5) is 6.91. The van der Waals surface area contributed by atoms with Gasteiger partial charge in [0, 0.05) is 12.7 Å². The maximum absolute atomic E-state index is 5.08. The summed E-state index contributed by atoms with van der Waals surface area (Å²) in [5.74, 6) is 5.08. The van der Waals surface area contributed by atoms with E-state index in [4.69, 9.17) is 5.90 Å². The molecule has 0 bridgehead atoms. The maximum Gasteiger partial charge on any atom is 0.0885 e. The fourth-order valence-electron chi connectivity index (χ4n) is 1.90. The van der Waals surface area contributed by atoms with E-state index in [-0.39, 0.29) is 0 Å². The minimum Gasteiger partial charge on any atom is -0.369 e. The van der Waals surface area contributed by atoms with Crippen molar-refractivity contribution in [3.05, 3.63) is 29.8 Å². The van der Waals surface area contributed by atoms with E-state index in [1.165, 1.54) is 11.3 Å². The molecule has 3 heteroatoms. The highest BCUT2D eigenvalue weighted by molar-refractivity contribution is 5.58. The summed E-state index contributed by atoms with van der Waals surface area (Å²) in [6.07, 6.45) is 1.03. The first-order valence-electron chi connectivity index (χ1n) is 4.45. The average molecular weight is 178 g/mol. The topological polar surface area (TPSA) is 38.5 Å². The van der Waals surface area contributed by atoms with Gasteiger partial charge in [-0.15, -0.1) is 0 Å². The lowest BCUT2D eigenvalue weighted by Gasteiger charge is -2.21. The molecule has 0 aromatic heterocycles. The zero-order valence-corrected chi connectivity index (χ0v) is 7.73. The number of rotatable bonds is 2. The van der Waals surface area contributed by atoms with Crippen molar-refractivity contribution in [3.8, 4) is 0 Å². The third kappa shape index (κ3) is 1.41. The molecule has 13 heavy (non-hydrogen) atoms. The molecule has 0 fully saturated rings. The predicted octanol–water partition coefficient (Wildman–Crippen LogP) is 0.938. The molecule has 2 N–H and O–H groups in total. The maximum atomic E-state index is 5.08. The van der Waals surface area contributed by atoms with Crippen molar-refractivity contribution in [2.24, 2.45) is 5.90 Å². The molecule has 1 aromatic carbocycles. The largest absolute Gasteiger partial charge is 0.369 e. The van der Waals surface area contributed by atoms with Crippen LogP contribution in [0.5, 0.6) is 0 Å². The summed E-state index contributed by atoms with van der Waals surface area (Å²) in [5.41, 5.74) is 2.68. The fourth-order valence-corrected chi connectivity index (χ4v) is 1.90. The van der Waals surface area contributed by atoms with Crippen LogP contribution in [-0.4, -0.2) is 19.7 Å². The first-order chi connectivity index (χ1) is 6.33. The average Bonchev–Trinajstić information content (AvgIpc) is 2.46. The highest BCUT2D eigenvalue weighted by atomic mass is 16.6. The molecule has 1 aliphatic rings. The predicted molar refractivity (Wildman–Crippen MR) is 52.5 cm³/mol. The molecule has 0 saturated heterocycles. The van der Waals surface area contributed by atoms with Gasteiger partial charge in [0.15, 0.2) is 0 Å². The van der Waals surface area contributed by atoms with Gasteiger partial charge in [0.1, 0.15) is 0 Å². The van der Waals surface area contributed by atoms with Crippen LogP contribution >= 0.6 is 0 Å². The number of likely N-dealkylation sites (N-methyl/N-ethyl adjacent to an activating group) is 1. The Balaban J connectivity index is 2.22. The van der Waals surface area contributed by atoms with Crippen LogP contribution in [0.2, 0.25) is 0 Å². The van der Waals surface area contributed by atoms with Gasteiger partial charge in [0.05, 0.1) is 12.6 Å². The number of hydrogen-bond donors (Lipinski definition) is 1. The zero-order chi connectivity index (χ0) is 9.26. The summed E-state index contributed by atoms with van der Waals surface area (Å²) in [6.45, 7) is 0.588. The smallest absolute Gasteiger partial charge is 0.0885 e. The van der Waals surface area contributed by atoms with Gasteiger partial charge in [-0.2, -0.15) is 0 Å². The molecule has 1 aromatic rings. The van der Waals surface area contributed by atoms with Crippen molar-refractivity contribution in [2.75, 3.05) is 18.6 Å². The summed E-state index contributed by atoms with van der Waals surface area (Å²) in [7, 11) is 2.08. The monoisotopic (exact) mass is 178 g/mol. The van der Waals surface area contributed by atoms with E-state index >= 15 is 0 Å². The molecule has 0 saturated carbocycles. The molecular formula is C10H14N2O. The van der Waals surface area contributed by atoms with Crippen LogP contribution in [0.3, 0.4) is 0 Å². The van der Waals surface area contributed by atoms with Crippen LogP contribution in [-0.2, 0) is 11.3 Å². The minimum absolute atomic E-state index is 0.391. The molecule has 1 aliphatic heterocycles. The Bertz CT molecular complexity index is 301. The molecule has 0 amide bonds. The zero-order valence-electron chi connectivity index (χ0n) is 7.73. The first-order valence-corrected chi connectivity index (χ1v) is 4.45. The molecule has 2 rings (SSSR count). The van der Waals surface area contributed by atoms with E-state index in [9.17, 15) is 0 Å². The fraction of sp³-hybridized carbons (Fsp3) is 0.400. The van der Waals surface area contributed by atoms with Crippen molar-refractivity contribution < 1.29 is 4.84 Å². The first kappa shape index (κ1) is 8.53. The highest BCUT2D eigenvalue weighted by Gasteiger charge is 2.25. The Morgan fingerprint density at radius 2 is 2.31 bits per heavy atom. The Morgan fingerprint density at radius 1 is 1.54 bits per heavy atom. The second kappa shape index (κ2) is 3.36. The van der Waals surface area contributed by atoms with E-state index in [1.54, 1.807) is 0 Å². The lowest BCUT2D eigenvalue weighted by molar-refractivity contribution is 0.124. The van der Waals surface area contributed by atoms with Gasteiger partial charge in [-0.25, -0.2) is 5.90 Å². The van der Waals surface area contributed by atoms with Gasteiger partial charge in [0.2, 0.25) is 0 Å².